The highest BCUT2D eigenvalue weighted by molar-refractivity contribution is 7.89. The maximum absolute atomic E-state index is 12.8. The van der Waals surface area contributed by atoms with Gasteiger partial charge in [0.2, 0.25) is 20.0 Å². The molecule has 27 heavy (non-hydrogen) atoms. The lowest BCUT2D eigenvalue weighted by Crippen LogP contribution is -2.59. The third kappa shape index (κ3) is 3.74. The number of carboxylic acid groups (broad SMARTS) is 1. The van der Waals surface area contributed by atoms with Crippen LogP contribution in [0.3, 0.4) is 0 Å². The average molecular weight is 410 g/mol. The molecular formula is C17H18N2O6S2. The molecule has 0 radical (unpaired) electrons. The molecule has 0 aromatic heterocycles. The summed E-state index contributed by atoms with van der Waals surface area (Å²) in [6, 6.07) is 13.6. The van der Waals surface area contributed by atoms with Gasteiger partial charge in [0.05, 0.1) is 9.79 Å². The van der Waals surface area contributed by atoms with Crippen LogP contribution in [0, 0.1) is 0 Å². The third-order valence-electron chi connectivity index (χ3n) is 4.31. The predicted molar refractivity (Wildman–Crippen MR) is 97.0 cm³/mol. The first-order valence-electron chi connectivity index (χ1n) is 8.09. The van der Waals surface area contributed by atoms with Crippen LogP contribution in [-0.4, -0.2) is 62.2 Å². The molecule has 10 heteroatoms. The van der Waals surface area contributed by atoms with Gasteiger partial charge in [0.25, 0.3) is 0 Å². The summed E-state index contributed by atoms with van der Waals surface area (Å²) in [6.07, 6.45) is 0. The van der Waals surface area contributed by atoms with Crippen molar-refractivity contribution in [2.75, 3.05) is 19.6 Å². The Balaban J connectivity index is 1.92. The van der Waals surface area contributed by atoms with Crippen LogP contribution in [0.1, 0.15) is 0 Å². The Labute approximate surface area is 157 Å². The Morgan fingerprint density at radius 3 is 1.78 bits per heavy atom. The van der Waals surface area contributed by atoms with Crippen LogP contribution in [-0.2, 0) is 24.8 Å². The van der Waals surface area contributed by atoms with Crippen LogP contribution < -0.4 is 0 Å². The lowest BCUT2D eigenvalue weighted by atomic mass is 10.2. The zero-order valence-electron chi connectivity index (χ0n) is 14.2. The maximum atomic E-state index is 12.8. The molecule has 0 aliphatic carbocycles. The first-order valence-corrected chi connectivity index (χ1v) is 11.0. The fourth-order valence-corrected chi connectivity index (χ4v) is 5.96. The van der Waals surface area contributed by atoms with Crippen molar-refractivity contribution in [2.45, 2.75) is 15.8 Å². The molecule has 2 aromatic carbocycles. The summed E-state index contributed by atoms with van der Waals surface area (Å²) in [5.74, 6) is -1.40. The van der Waals surface area contributed by atoms with Gasteiger partial charge in [-0.1, -0.05) is 36.4 Å². The van der Waals surface area contributed by atoms with Gasteiger partial charge < -0.3 is 5.11 Å². The summed E-state index contributed by atoms with van der Waals surface area (Å²) < 4.78 is 53.0. The van der Waals surface area contributed by atoms with E-state index in [-0.39, 0.29) is 22.9 Å². The van der Waals surface area contributed by atoms with E-state index in [1.54, 1.807) is 36.4 Å². The number of hydrogen-bond donors (Lipinski definition) is 1. The van der Waals surface area contributed by atoms with E-state index < -0.39 is 38.6 Å². The van der Waals surface area contributed by atoms with E-state index in [1.807, 2.05) is 0 Å². The lowest BCUT2D eigenvalue weighted by molar-refractivity contribution is -0.142. The Bertz CT molecular complexity index is 1020. The number of nitrogens with zero attached hydrogens (tertiary/aromatic N) is 2. The van der Waals surface area contributed by atoms with E-state index in [1.165, 1.54) is 24.3 Å². The summed E-state index contributed by atoms with van der Waals surface area (Å²) in [5.41, 5.74) is 0. The second-order valence-corrected chi connectivity index (χ2v) is 9.79. The third-order valence-corrected chi connectivity index (χ3v) is 8.11. The molecule has 8 nitrogen and oxygen atoms in total. The Morgan fingerprint density at radius 2 is 1.30 bits per heavy atom. The molecule has 0 unspecified atom stereocenters. The monoisotopic (exact) mass is 410 g/mol. The van der Waals surface area contributed by atoms with Crippen LogP contribution in [0.4, 0.5) is 0 Å². The molecule has 1 fully saturated rings. The molecule has 3 rings (SSSR count). The number of sulfonamides is 2. The summed E-state index contributed by atoms with van der Waals surface area (Å²) in [4.78, 5) is 11.7. The molecule has 1 aliphatic rings. The Morgan fingerprint density at radius 1 is 0.815 bits per heavy atom. The van der Waals surface area contributed by atoms with Crippen LogP contribution >= 0.6 is 0 Å². The van der Waals surface area contributed by atoms with Gasteiger partial charge in [-0.15, -0.1) is 0 Å². The molecule has 1 aliphatic heterocycles. The van der Waals surface area contributed by atoms with E-state index in [4.69, 9.17) is 0 Å². The highest BCUT2D eigenvalue weighted by atomic mass is 32.2. The molecule has 0 spiro atoms. The fourth-order valence-electron chi connectivity index (χ4n) is 2.92. The average Bonchev–Trinajstić information content (AvgIpc) is 2.68. The predicted octanol–water partition coefficient (Wildman–Crippen LogP) is 0.835. The van der Waals surface area contributed by atoms with Crippen molar-refractivity contribution < 1.29 is 26.7 Å². The van der Waals surface area contributed by atoms with E-state index in [9.17, 15) is 26.7 Å². The quantitative estimate of drug-likeness (QED) is 0.782. The number of rotatable bonds is 5. The van der Waals surface area contributed by atoms with Gasteiger partial charge in [-0.2, -0.15) is 8.61 Å². The summed E-state index contributed by atoms with van der Waals surface area (Å²) >= 11 is 0. The van der Waals surface area contributed by atoms with Crippen molar-refractivity contribution >= 4 is 26.0 Å². The molecule has 0 saturated carbocycles. The number of piperazine rings is 1. The van der Waals surface area contributed by atoms with E-state index >= 15 is 0 Å². The SMILES string of the molecule is O=C(O)[C@@H]1CN(S(=O)(=O)c2ccccc2)CCN1S(=O)(=O)c1ccccc1. The smallest absolute Gasteiger partial charge is 0.323 e. The number of aliphatic carboxylic acids is 1. The molecule has 144 valence electrons. The van der Waals surface area contributed by atoms with Crippen LogP contribution in [0.15, 0.2) is 70.5 Å². The van der Waals surface area contributed by atoms with E-state index in [0.29, 0.717) is 0 Å². The molecule has 1 heterocycles. The molecule has 0 amide bonds. The van der Waals surface area contributed by atoms with Gasteiger partial charge in [-0.3, -0.25) is 4.79 Å². The normalized spacial score (nSPS) is 19.6. The number of carboxylic acids is 1. The Kier molecular flexibility index (Phi) is 5.33. The molecular weight excluding hydrogens is 392 g/mol. The lowest BCUT2D eigenvalue weighted by Gasteiger charge is -2.37. The minimum Gasteiger partial charge on any atom is -0.480 e. The summed E-state index contributed by atoms with van der Waals surface area (Å²) in [5, 5.41) is 9.55. The standard InChI is InChI=1S/C17H18N2O6S2/c20-17(21)16-13-18(26(22,23)14-7-3-1-4-8-14)11-12-19(16)27(24,25)15-9-5-2-6-10-15/h1-10,16H,11-13H2,(H,20,21)/t16-/m0/s1. The van der Waals surface area contributed by atoms with Crippen LogP contribution in [0.25, 0.3) is 0 Å². The molecule has 1 saturated heterocycles. The van der Waals surface area contributed by atoms with Crippen molar-refractivity contribution in [2.24, 2.45) is 0 Å². The van der Waals surface area contributed by atoms with E-state index in [0.717, 1.165) is 8.61 Å². The minimum absolute atomic E-state index is 0.0318. The van der Waals surface area contributed by atoms with Crippen molar-refractivity contribution in [3.05, 3.63) is 60.7 Å². The van der Waals surface area contributed by atoms with Crippen molar-refractivity contribution in [3.8, 4) is 0 Å². The maximum Gasteiger partial charge on any atom is 0.323 e. The summed E-state index contributed by atoms with van der Waals surface area (Å²) in [6.45, 7) is -0.841. The second-order valence-electron chi connectivity index (χ2n) is 5.96. The Hall–Kier alpha value is -2.27. The zero-order valence-corrected chi connectivity index (χ0v) is 15.8. The van der Waals surface area contributed by atoms with Crippen LogP contribution in [0.5, 0.6) is 0 Å². The molecule has 2 aromatic rings. The van der Waals surface area contributed by atoms with Gasteiger partial charge in [0, 0.05) is 19.6 Å². The van der Waals surface area contributed by atoms with Crippen molar-refractivity contribution in [3.63, 3.8) is 0 Å². The van der Waals surface area contributed by atoms with E-state index in [2.05, 4.69) is 0 Å². The highest BCUT2D eigenvalue weighted by Crippen LogP contribution is 2.25. The first-order chi connectivity index (χ1) is 12.7. The second kappa shape index (κ2) is 7.39. The van der Waals surface area contributed by atoms with Crippen molar-refractivity contribution in [1.82, 2.24) is 8.61 Å². The molecule has 1 N–H and O–H groups in total. The first kappa shape index (κ1) is 19.5. The van der Waals surface area contributed by atoms with Gasteiger partial charge in [0.15, 0.2) is 0 Å². The van der Waals surface area contributed by atoms with Gasteiger partial charge >= 0.3 is 5.97 Å². The topological polar surface area (TPSA) is 112 Å². The number of carbonyl (C=O) groups is 1. The minimum atomic E-state index is -4.06. The van der Waals surface area contributed by atoms with Gasteiger partial charge in [0.1, 0.15) is 6.04 Å². The van der Waals surface area contributed by atoms with Crippen LogP contribution in [0.2, 0.25) is 0 Å². The zero-order chi connectivity index (χ0) is 19.7. The largest absolute Gasteiger partial charge is 0.480 e. The fraction of sp³-hybridized carbons (Fsp3) is 0.235. The number of benzene rings is 2. The van der Waals surface area contributed by atoms with Crippen molar-refractivity contribution in [1.29, 1.82) is 0 Å². The molecule has 0 bridgehead atoms. The van der Waals surface area contributed by atoms with Gasteiger partial charge in [-0.25, -0.2) is 16.8 Å². The number of hydrogen-bond acceptors (Lipinski definition) is 5. The highest BCUT2D eigenvalue weighted by Gasteiger charge is 2.43. The summed E-state index contributed by atoms with van der Waals surface area (Å²) in [7, 11) is -7.97. The van der Waals surface area contributed by atoms with Gasteiger partial charge in [-0.05, 0) is 24.3 Å². The molecule has 1 atom stereocenters.